The van der Waals surface area contributed by atoms with Crippen molar-refractivity contribution in [2.45, 2.75) is 19.1 Å². The van der Waals surface area contributed by atoms with Gasteiger partial charge in [0, 0.05) is 25.4 Å². The SMILES string of the molecule is C=CC(=O)OC(C)C(O)CN(C)c1ccc(C(=O)O)c(C(=O)O)c1. The fourth-order valence-corrected chi connectivity index (χ4v) is 1.98. The molecule has 0 aliphatic rings. The van der Waals surface area contributed by atoms with Gasteiger partial charge in [-0.2, -0.15) is 0 Å². The molecule has 0 amide bonds. The number of carboxylic acid groups (broad SMARTS) is 2. The maximum Gasteiger partial charge on any atom is 0.336 e. The second-order valence-electron chi connectivity index (χ2n) is 5.13. The van der Waals surface area contributed by atoms with E-state index in [4.69, 9.17) is 14.9 Å². The topological polar surface area (TPSA) is 124 Å². The Morgan fingerprint density at radius 2 is 1.83 bits per heavy atom. The number of aliphatic hydroxyl groups is 1. The van der Waals surface area contributed by atoms with E-state index < -0.39 is 30.1 Å². The minimum Gasteiger partial charge on any atom is -0.478 e. The summed E-state index contributed by atoms with van der Waals surface area (Å²) in [7, 11) is 1.59. The van der Waals surface area contributed by atoms with Gasteiger partial charge in [-0.3, -0.25) is 0 Å². The summed E-state index contributed by atoms with van der Waals surface area (Å²) >= 11 is 0. The molecule has 0 aromatic heterocycles. The van der Waals surface area contributed by atoms with Crippen LogP contribution in [0.5, 0.6) is 0 Å². The van der Waals surface area contributed by atoms with Crippen LogP contribution in [0.15, 0.2) is 30.9 Å². The van der Waals surface area contributed by atoms with E-state index in [9.17, 15) is 19.5 Å². The maximum absolute atomic E-state index is 11.2. The number of likely N-dealkylation sites (N-methyl/N-ethyl adjacent to an activating group) is 1. The van der Waals surface area contributed by atoms with Crippen LogP contribution in [0.4, 0.5) is 5.69 Å². The number of carbonyl (C=O) groups is 3. The molecule has 0 saturated carbocycles. The highest BCUT2D eigenvalue weighted by Gasteiger charge is 2.21. The Morgan fingerprint density at radius 1 is 1.25 bits per heavy atom. The first-order valence-corrected chi connectivity index (χ1v) is 7.00. The summed E-state index contributed by atoms with van der Waals surface area (Å²) in [5.41, 5.74) is -0.278. The van der Waals surface area contributed by atoms with Crippen LogP contribution in [-0.2, 0) is 9.53 Å². The van der Waals surface area contributed by atoms with E-state index in [0.717, 1.165) is 6.08 Å². The molecular formula is C16H19NO7. The maximum atomic E-state index is 11.2. The average Bonchev–Trinajstić information content (AvgIpc) is 2.53. The van der Waals surface area contributed by atoms with Crippen LogP contribution in [0.1, 0.15) is 27.6 Å². The number of benzene rings is 1. The van der Waals surface area contributed by atoms with Gasteiger partial charge in [-0.1, -0.05) is 6.58 Å². The fraction of sp³-hybridized carbons (Fsp3) is 0.312. The lowest BCUT2D eigenvalue weighted by Crippen LogP contribution is -2.38. The summed E-state index contributed by atoms with van der Waals surface area (Å²) in [4.78, 5) is 34.9. The minimum absolute atomic E-state index is 0.0388. The fourth-order valence-electron chi connectivity index (χ4n) is 1.98. The summed E-state index contributed by atoms with van der Waals surface area (Å²) in [6.45, 7) is 4.81. The van der Waals surface area contributed by atoms with Crippen molar-refractivity contribution in [1.82, 2.24) is 0 Å². The summed E-state index contributed by atoms with van der Waals surface area (Å²) in [5.74, 6) is -3.37. The first-order valence-electron chi connectivity index (χ1n) is 7.00. The largest absolute Gasteiger partial charge is 0.478 e. The van der Waals surface area contributed by atoms with Gasteiger partial charge in [0.25, 0.3) is 0 Å². The molecule has 0 radical (unpaired) electrons. The summed E-state index contributed by atoms with van der Waals surface area (Å²) < 4.78 is 4.91. The molecule has 8 heteroatoms. The van der Waals surface area contributed by atoms with Crippen LogP contribution in [0.25, 0.3) is 0 Å². The second kappa shape index (κ2) is 8.11. The van der Waals surface area contributed by atoms with Crippen molar-refractivity contribution in [3.63, 3.8) is 0 Å². The molecule has 0 aliphatic heterocycles. The highest BCUT2D eigenvalue weighted by Crippen LogP contribution is 2.20. The van der Waals surface area contributed by atoms with Crippen molar-refractivity contribution < 1.29 is 34.4 Å². The molecule has 24 heavy (non-hydrogen) atoms. The van der Waals surface area contributed by atoms with Gasteiger partial charge in [0.05, 0.1) is 11.1 Å². The molecule has 0 bridgehead atoms. The second-order valence-corrected chi connectivity index (χ2v) is 5.13. The van der Waals surface area contributed by atoms with Gasteiger partial charge >= 0.3 is 17.9 Å². The van der Waals surface area contributed by atoms with Gasteiger partial charge in [-0.25, -0.2) is 14.4 Å². The first-order chi connectivity index (χ1) is 11.2. The smallest absolute Gasteiger partial charge is 0.336 e. The lowest BCUT2D eigenvalue weighted by atomic mass is 10.1. The normalized spacial score (nSPS) is 12.8. The number of nitrogens with zero attached hydrogens (tertiary/aromatic N) is 1. The third-order valence-electron chi connectivity index (χ3n) is 3.38. The zero-order valence-electron chi connectivity index (χ0n) is 13.3. The first kappa shape index (κ1) is 19.2. The van der Waals surface area contributed by atoms with Crippen LogP contribution in [0.2, 0.25) is 0 Å². The number of hydrogen-bond acceptors (Lipinski definition) is 6. The van der Waals surface area contributed by atoms with Crippen molar-refractivity contribution in [2.75, 3.05) is 18.5 Å². The van der Waals surface area contributed by atoms with E-state index in [1.54, 1.807) is 7.05 Å². The zero-order chi connectivity index (χ0) is 18.4. The van der Waals surface area contributed by atoms with E-state index in [1.165, 1.54) is 30.0 Å². The molecule has 1 rings (SSSR count). The Hall–Kier alpha value is -2.87. The third-order valence-corrected chi connectivity index (χ3v) is 3.38. The van der Waals surface area contributed by atoms with Crippen molar-refractivity contribution in [2.24, 2.45) is 0 Å². The number of hydrogen-bond donors (Lipinski definition) is 3. The molecule has 0 aliphatic carbocycles. The van der Waals surface area contributed by atoms with Crippen LogP contribution in [0.3, 0.4) is 0 Å². The van der Waals surface area contributed by atoms with E-state index in [-0.39, 0.29) is 17.7 Å². The number of esters is 1. The quantitative estimate of drug-likeness (QED) is 0.474. The number of carbonyl (C=O) groups excluding carboxylic acids is 1. The Labute approximate surface area is 138 Å². The molecule has 2 unspecified atom stereocenters. The van der Waals surface area contributed by atoms with Crippen LogP contribution in [0, 0.1) is 0 Å². The lowest BCUT2D eigenvalue weighted by Gasteiger charge is -2.26. The number of aromatic carboxylic acids is 2. The van der Waals surface area contributed by atoms with Gasteiger partial charge in [-0.15, -0.1) is 0 Å². The predicted octanol–water partition coefficient (Wildman–Crippen LogP) is 0.998. The Balaban J connectivity index is 2.91. The molecular weight excluding hydrogens is 318 g/mol. The summed E-state index contributed by atoms with van der Waals surface area (Å²) in [5, 5.41) is 28.2. The number of anilines is 1. The van der Waals surface area contributed by atoms with Gasteiger partial charge in [-0.05, 0) is 25.1 Å². The van der Waals surface area contributed by atoms with E-state index >= 15 is 0 Å². The van der Waals surface area contributed by atoms with Crippen molar-refractivity contribution >= 4 is 23.6 Å². The van der Waals surface area contributed by atoms with E-state index in [1.807, 2.05) is 0 Å². The number of rotatable bonds is 8. The van der Waals surface area contributed by atoms with Gasteiger partial charge in [0.1, 0.15) is 12.2 Å². The van der Waals surface area contributed by atoms with E-state index in [2.05, 4.69) is 6.58 Å². The highest BCUT2D eigenvalue weighted by atomic mass is 16.6. The molecule has 0 fully saturated rings. The summed E-state index contributed by atoms with van der Waals surface area (Å²) in [6, 6.07) is 3.83. The Kier molecular flexibility index (Phi) is 6.48. The molecule has 2 atom stereocenters. The Morgan fingerprint density at radius 3 is 2.33 bits per heavy atom. The molecule has 0 heterocycles. The zero-order valence-corrected chi connectivity index (χ0v) is 13.3. The summed E-state index contributed by atoms with van der Waals surface area (Å²) in [6.07, 6.45) is -0.849. The van der Waals surface area contributed by atoms with Gasteiger partial charge in [0.2, 0.25) is 0 Å². The molecule has 1 aromatic rings. The van der Waals surface area contributed by atoms with Crippen LogP contribution < -0.4 is 4.90 Å². The van der Waals surface area contributed by atoms with Crippen LogP contribution in [-0.4, -0.2) is 59.0 Å². The molecule has 0 spiro atoms. The van der Waals surface area contributed by atoms with Crippen LogP contribution >= 0.6 is 0 Å². The number of carboxylic acids is 2. The molecule has 3 N–H and O–H groups in total. The Bertz CT molecular complexity index is 656. The molecule has 1 aromatic carbocycles. The number of ether oxygens (including phenoxy) is 1. The van der Waals surface area contributed by atoms with Gasteiger partial charge in [0.15, 0.2) is 0 Å². The average molecular weight is 337 g/mol. The van der Waals surface area contributed by atoms with Crippen molar-refractivity contribution in [3.8, 4) is 0 Å². The monoisotopic (exact) mass is 337 g/mol. The lowest BCUT2D eigenvalue weighted by molar-refractivity contribution is -0.147. The number of aliphatic hydroxyl groups excluding tert-OH is 1. The third kappa shape index (κ3) is 4.82. The molecule has 130 valence electrons. The highest BCUT2D eigenvalue weighted by molar-refractivity contribution is 6.02. The van der Waals surface area contributed by atoms with Crippen molar-refractivity contribution in [1.29, 1.82) is 0 Å². The van der Waals surface area contributed by atoms with Crippen molar-refractivity contribution in [3.05, 3.63) is 42.0 Å². The minimum atomic E-state index is -1.36. The predicted molar refractivity (Wildman–Crippen MR) is 85.4 cm³/mol. The molecule has 0 saturated heterocycles. The van der Waals surface area contributed by atoms with E-state index in [0.29, 0.717) is 5.69 Å². The standard InChI is InChI=1S/C16H19NO7/c1-4-14(19)24-9(2)13(18)8-17(3)10-5-6-11(15(20)21)12(7-10)16(22)23/h4-7,9,13,18H,1,8H2,2-3H3,(H,20,21)(H,22,23). The molecule has 8 nitrogen and oxygen atoms in total. The van der Waals surface area contributed by atoms with Gasteiger partial charge < -0.3 is 25.0 Å².